The predicted octanol–water partition coefficient (Wildman–Crippen LogP) is 3.65. The van der Waals surface area contributed by atoms with Crippen molar-refractivity contribution >= 4 is 11.6 Å². The minimum Gasteiger partial charge on any atom is -0.497 e. The molecule has 2 rings (SSSR count). The minimum absolute atomic E-state index is 0.0489. The number of anilines is 1. The van der Waals surface area contributed by atoms with Crippen molar-refractivity contribution in [2.24, 2.45) is 0 Å². The van der Waals surface area contributed by atoms with Crippen LogP contribution < -0.4 is 14.8 Å². The summed E-state index contributed by atoms with van der Waals surface area (Å²) in [7, 11) is 4.81. The van der Waals surface area contributed by atoms with Crippen molar-refractivity contribution in [1.82, 2.24) is 0 Å². The van der Waals surface area contributed by atoms with Crippen LogP contribution in [0.25, 0.3) is 0 Å². The van der Waals surface area contributed by atoms with Gasteiger partial charge in [0.2, 0.25) is 5.91 Å². The first-order valence-electron chi connectivity index (χ1n) is 8.86. The van der Waals surface area contributed by atoms with Gasteiger partial charge in [0.1, 0.15) is 11.5 Å². The highest BCUT2D eigenvalue weighted by atomic mass is 16.7. The molecule has 0 radical (unpaired) electrons. The SMILES string of the molecule is COc1ccc(OCCCC(=O)Nc2ccccc2CC(OC)OC)cc1. The van der Waals surface area contributed by atoms with Crippen LogP contribution in [-0.4, -0.2) is 40.1 Å². The summed E-state index contributed by atoms with van der Waals surface area (Å²) in [5, 5.41) is 2.96. The van der Waals surface area contributed by atoms with Gasteiger partial charge in [0.25, 0.3) is 0 Å². The molecule has 0 unspecified atom stereocenters. The van der Waals surface area contributed by atoms with Crippen LogP contribution in [0, 0.1) is 0 Å². The predicted molar refractivity (Wildman–Crippen MR) is 104 cm³/mol. The van der Waals surface area contributed by atoms with Gasteiger partial charge in [-0.25, -0.2) is 0 Å². The second-order valence-corrected chi connectivity index (χ2v) is 5.94. The van der Waals surface area contributed by atoms with Gasteiger partial charge in [0, 0.05) is 32.7 Å². The van der Waals surface area contributed by atoms with Crippen molar-refractivity contribution in [3.63, 3.8) is 0 Å². The highest BCUT2D eigenvalue weighted by molar-refractivity contribution is 5.91. The molecule has 1 N–H and O–H groups in total. The molecule has 0 heterocycles. The summed E-state index contributed by atoms with van der Waals surface area (Å²) in [6, 6.07) is 15.0. The normalized spacial score (nSPS) is 10.7. The Kier molecular flexibility index (Phi) is 8.61. The Morgan fingerprint density at radius 1 is 0.963 bits per heavy atom. The Morgan fingerprint density at radius 3 is 2.30 bits per heavy atom. The van der Waals surface area contributed by atoms with Crippen LogP contribution >= 0.6 is 0 Å². The van der Waals surface area contributed by atoms with Gasteiger partial charge in [-0.2, -0.15) is 0 Å². The van der Waals surface area contributed by atoms with Crippen molar-refractivity contribution in [3.05, 3.63) is 54.1 Å². The summed E-state index contributed by atoms with van der Waals surface area (Å²) in [6.07, 6.45) is 1.21. The molecule has 0 bridgehead atoms. The average molecular weight is 373 g/mol. The molecule has 146 valence electrons. The van der Waals surface area contributed by atoms with Gasteiger partial charge >= 0.3 is 0 Å². The summed E-state index contributed by atoms with van der Waals surface area (Å²) in [4.78, 5) is 12.2. The number of hydrogen-bond acceptors (Lipinski definition) is 5. The van der Waals surface area contributed by atoms with E-state index in [1.165, 1.54) is 0 Å². The van der Waals surface area contributed by atoms with Gasteiger partial charge in [-0.3, -0.25) is 4.79 Å². The number of nitrogens with one attached hydrogen (secondary N) is 1. The lowest BCUT2D eigenvalue weighted by atomic mass is 10.1. The Labute approximate surface area is 160 Å². The Balaban J connectivity index is 1.78. The molecule has 0 saturated heterocycles. The molecule has 0 aliphatic carbocycles. The second kappa shape index (κ2) is 11.2. The zero-order chi connectivity index (χ0) is 19.5. The Morgan fingerprint density at radius 2 is 1.63 bits per heavy atom. The van der Waals surface area contributed by atoms with E-state index >= 15 is 0 Å². The molecule has 0 aromatic heterocycles. The standard InChI is InChI=1S/C21H27NO5/c1-24-17-10-12-18(13-11-17)27-14-6-9-20(23)22-19-8-5-4-7-16(19)15-21(25-2)26-3/h4-5,7-8,10-13,21H,6,9,14-15H2,1-3H3,(H,22,23). The topological polar surface area (TPSA) is 66.0 Å². The maximum absolute atomic E-state index is 12.2. The zero-order valence-electron chi connectivity index (χ0n) is 16.1. The van der Waals surface area contributed by atoms with Crippen LogP contribution in [0.5, 0.6) is 11.5 Å². The van der Waals surface area contributed by atoms with E-state index in [9.17, 15) is 4.79 Å². The molecule has 0 saturated carbocycles. The first-order chi connectivity index (χ1) is 13.2. The number of benzene rings is 2. The smallest absolute Gasteiger partial charge is 0.224 e. The second-order valence-electron chi connectivity index (χ2n) is 5.94. The highest BCUT2D eigenvalue weighted by Crippen LogP contribution is 2.19. The lowest BCUT2D eigenvalue weighted by Gasteiger charge is -2.16. The van der Waals surface area contributed by atoms with E-state index < -0.39 is 0 Å². The third kappa shape index (κ3) is 6.92. The lowest BCUT2D eigenvalue weighted by molar-refractivity contribution is -0.116. The minimum atomic E-state index is -0.346. The summed E-state index contributed by atoms with van der Waals surface area (Å²) in [5.74, 6) is 1.49. The molecule has 2 aromatic rings. The van der Waals surface area contributed by atoms with Gasteiger partial charge in [-0.15, -0.1) is 0 Å². The van der Waals surface area contributed by atoms with Crippen molar-refractivity contribution in [1.29, 1.82) is 0 Å². The van der Waals surface area contributed by atoms with Gasteiger partial charge in [-0.05, 0) is 42.3 Å². The lowest BCUT2D eigenvalue weighted by Crippen LogP contribution is -2.19. The molecule has 0 fully saturated rings. The molecular formula is C21H27NO5. The Bertz CT molecular complexity index is 698. The van der Waals surface area contributed by atoms with Crippen LogP contribution in [-0.2, 0) is 20.7 Å². The first kappa shape index (κ1) is 20.7. The van der Waals surface area contributed by atoms with Gasteiger partial charge in [0.05, 0.1) is 13.7 Å². The van der Waals surface area contributed by atoms with Gasteiger partial charge < -0.3 is 24.3 Å². The van der Waals surface area contributed by atoms with E-state index in [4.69, 9.17) is 18.9 Å². The van der Waals surface area contributed by atoms with E-state index in [1.807, 2.05) is 48.5 Å². The quantitative estimate of drug-likeness (QED) is 0.481. The molecular weight excluding hydrogens is 346 g/mol. The number of carbonyl (C=O) groups is 1. The largest absolute Gasteiger partial charge is 0.497 e. The molecule has 0 aliphatic rings. The van der Waals surface area contributed by atoms with Crippen molar-refractivity contribution in [2.45, 2.75) is 25.6 Å². The van der Waals surface area contributed by atoms with Crippen LogP contribution in [0.2, 0.25) is 0 Å². The fraction of sp³-hybridized carbons (Fsp3) is 0.381. The van der Waals surface area contributed by atoms with Crippen LogP contribution in [0.4, 0.5) is 5.69 Å². The Hall–Kier alpha value is -2.57. The number of para-hydroxylation sites is 1. The number of ether oxygens (including phenoxy) is 4. The fourth-order valence-electron chi connectivity index (χ4n) is 2.57. The van der Waals surface area contributed by atoms with E-state index in [2.05, 4.69) is 5.32 Å². The average Bonchev–Trinajstić information content (AvgIpc) is 2.71. The molecule has 1 amide bonds. The number of carbonyl (C=O) groups excluding carboxylic acids is 1. The third-order valence-corrected chi connectivity index (χ3v) is 4.08. The number of hydrogen-bond donors (Lipinski definition) is 1. The molecule has 6 heteroatoms. The first-order valence-corrected chi connectivity index (χ1v) is 8.86. The van der Waals surface area contributed by atoms with Crippen LogP contribution in [0.15, 0.2) is 48.5 Å². The summed E-state index contributed by atoms with van der Waals surface area (Å²) < 4.78 is 21.2. The maximum atomic E-state index is 12.2. The monoisotopic (exact) mass is 373 g/mol. The summed E-state index contributed by atoms with van der Waals surface area (Å²) >= 11 is 0. The maximum Gasteiger partial charge on any atom is 0.224 e. The fourth-order valence-corrected chi connectivity index (χ4v) is 2.57. The molecule has 27 heavy (non-hydrogen) atoms. The summed E-state index contributed by atoms with van der Waals surface area (Å²) in [6.45, 7) is 0.469. The van der Waals surface area contributed by atoms with E-state index in [0.29, 0.717) is 25.9 Å². The van der Waals surface area contributed by atoms with E-state index in [-0.39, 0.29) is 12.2 Å². The van der Waals surface area contributed by atoms with Crippen molar-refractivity contribution < 1.29 is 23.7 Å². The van der Waals surface area contributed by atoms with Gasteiger partial charge in [-0.1, -0.05) is 18.2 Å². The number of rotatable bonds is 11. The van der Waals surface area contributed by atoms with Crippen LogP contribution in [0.1, 0.15) is 18.4 Å². The van der Waals surface area contributed by atoms with Gasteiger partial charge in [0.15, 0.2) is 6.29 Å². The third-order valence-electron chi connectivity index (χ3n) is 4.08. The van der Waals surface area contributed by atoms with Crippen molar-refractivity contribution in [3.8, 4) is 11.5 Å². The number of amides is 1. The van der Waals surface area contributed by atoms with E-state index in [1.54, 1.807) is 21.3 Å². The zero-order valence-corrected chi connectivity index (χ0v) is 16.1. The van der Waals surface area contributed by atoms with Crippen molar-refractivity contribution in [2.75, 3.05) is 33.3 Å². The molecule has 6 nitrogen and oxygen atoms in total. The number of methoxy groups -OCH3 is 3. The van der Waals surface area contributed by atoms with Crippen LogP contribution in [0.3, 0.4) is 0 Å². The molecule has 0 spiro atoms. The van der Waals surface area contributed by atoms with E-state index in [0.717, 1.165) is 22.7 Å². The molecule has 0 atom stereocenters. The molecule has 2 aromatic carbocycles. The molecule has 0 aliphatic heterocycles. The highest BCUT2D eigenvalue weighted by Gasteiger charge is 2.12. The summed E-state index contributed by atoms with van der Waals surface area (Å²) in [5.41, 5.74) is 1.74.